The van der Waals surface area contributed by atoms with Gasteiger partial charge in [-0.25, -0.2) is 9.37 Å². The Hall–Kier alpha value is -0.940. The van der Waals surface area contributed by atoms with E-state index in [4.69, 9.17) is 0 Å². The number of anilines is 2. The molecule has 0 saturated carbocycles. The quantitative estimate of drug-likeness (QED) is 0.839. The van der Waals surface area contributed by atoms with Gasteiger partial charge in [0.1, 0.15) is 5.82 Å². The molecule has 0 radical (unpaired) electrons. The maximum atomic E-state index is 13.4. The minimum absolute atomic E-state index is 0. The van der Waals surface area contributed by atoms with Crippen LogP contribution in [0.15, 0.2) is 29.6 Å². The third-order valence-electron chi connectivity index (χ3n) is 2.45. The maximum absolute atomic E-state index is 13.4. The van der Waals surface area contributed by atoms with Gasteiger partial charge in [0, 0.05) is 5.38 Å². The lowest BCUT2D eigenvalue weighted by molar-refractivity contribution is 0.632. The molecule has 2 aromatic rings. The summed E-state index contributed by atoms with van der Waals surface area (Å²) in [7, 11) is 0. The van der Waals surface area contributed by atoms with E-state index in [1.165, 1.54) is 17.4 Å². The van der Waals surface area contributed by atoms with Crippen LogP contribution in [0.1, 0.15) is 25.5 Å². The van der Waals surface area contributed by atoms with Crippen LogP contribution in [0, 0.1) is 5.82 Å². The zero-order valence-corrected chi connectivity index (χ0v) is 12.7. The predicted octanol–water partition coefficient (Wildman–Crippen LogP) is 4.95. The zero-order valence-electron chi connectivity index (χ0n) is 10.1. The van der Waals surface area contributed by atoms with E-state index in [0.29, 0.717) is 5.69 Å². The standard InChI is InChI=1S/C13H15FN2S.BrH/c1-2-3-6-10-9-17-13(15-10)16-12-8-5-4-7-11(12)14;/h4-5,7-9H,2-3,6H2,1H3,(H,15,16);1H. The summed E-state index contributed by atoms with van der Waals surface area (Å²) >= 11 is 1.51. The first kappa shape index (κ1) is 15.1. The van der Waals surface area contributed by atoms with Crippen LogP contribution < -0.4 is 5.32 Å². The van der Waals surface area contributed by atoms with Gasteiger partial charge in [-0.05, 0) is 25.0 Å². The highest BCUT2D eigenvalue weighted by Crippen LogP contribution is 2.23. The second-order valence-corrected chi connectivity index (χ2v) is 4.71. The first-order chi connectivity index (χ1) is 8.29. The molecule has 1 aromatic carbocycles. The molecule has 18 heavy (non-hydrogen) atoms. The van der Waals surface area contributed by atoms with Crippen LogP contribution in [0.4, 0.5) is 15.2 Å². The van der Waals surface area contributed by atoms with Crippen LogP contribution in [-0.2, 0) is 6.42 Å². The second kappa shape index (κ2) is 7.48. The van der Waals surface area contributed by atoms with Crippen molar-refractivity contribution in [2.45, 2.75) is 26.2 Å². The number of rotatable bonds is 5. The fraction of sp³-hybridized carbons (Fsp3) is 0.308. The van der Waals surface area contributed by atoms with E-state index in [-0.39, 0.29) is 22.8 Å². The SMILES string of the molecule is Br.CCCCc1csc(Nc2ccccc2F)n1. The molecule has 0 spiro atoms. The smallest absolute Gasteiger partial charge is 0.187 e. The molecular weight excluding hydrogens is 315 g/mol. The Balaban J connectivity index is 0.00000162. The number of aryl methyl sites for hydroxylation is 1. The van der Waals surface area contributed by atoms with Gasteiger partial charge in [-0.2, -0.15) is 0 Å². The van der Waals surface area contributed by atoms with Crippen LogP contribution in [-0.4, -0.2) is 4.98 Å². The van der Waals surface area contributed by atoms with Crippen LogP contribution >= 0.6 is 28.3 Å². The Bertz CT molecular complexity index is 487. The van der Waals surface area contributed by atoms with Crippen LogP contribution in [0.2, 0.25) is 0 Å². The molecule has 5 heteroatoms. The molecule has 0 fully saturated rings. The first-order valence-corrected chi connectivity index (χ1v) is 6.63. The predicted molar refractivity (Wildman–Crippen MR) is 80.7 cm³/mol. The molecule has 98 valence electrons. The van der Waals surface area contributed by atoms with E-state index >= 15 is 0 Å². The Labute approximate surface area is 121 Å². The lowest BCUT2D eigenvalue weighted by Crippen LogP contribution is -1.93. The topological polar surface area (TPSA) is 24.9 Å². The van der Waals surface area contributed by atoms with Crippen molar-refractivity contribution in [3.63, 3.8) is 0 Å². The lowest BCUT2D eigenvalue weighted by atomic mass is 10.2. The number of para-hydroxylation sites is 1. The van der Waals surface area contributed by atoms with Crippen molar-refractivity contribution < 1.29 is 4.39 Å². The van der Waals surface area contributed by atoms with Crippen molar-refractivity contribution in [1.82, 2.24) is 4.98 Å². The van der Waals surface area contributed by atoms with E-state index < -0.39 is 0 Å². The number of benzene rings is 1. The first-order valence-electron chi connectivity index (χ1n) is 5.75. The highest BCUT2D eigenvalue weighted by molar-refractivity contribution is 8.93. The number of nitrogens with zero attached hydrogens (tertiary/aromatic N) is 1. The highest BCUT2D eigenvalue weighted by atomic mass is 79.9. The number of hydrogen-bond donors (Lipinski definition) is 1. The molecule has 0 bridgehead atoms. The Morgan fingerprint density at radius 3 is 2.83 bits per heavy atom. The van der Waals surface area contributed by atoms with Crippen molar-refractivity contribution in [3.8, 4) is 0 Å². The zero-order chi connectivity index (χ0) is 12.1. The summed E-state index contributed by atoms with van der Waals surface area (Å²) in [5, 5.41) is 5.78. The summed E-state index contributed by atoms with van der Waals surface area (Å²) in [5.41, 5.74) is 1.56. The van der Waals surface area contributed by atoms with E-state index in [1.807, 2.05) is 5.38 Å². The van der Waals surface area contributed by atoms with Crippen LogP contribution in [0.3, 0.4) is 0 Å². The van der Waals surface area contributed by atoms with Gasteiger partial charge < -0.3 is 5.32 Å². The number of nitrogens with one attached hydrogen (secondary N) is 1. The third kappa shape index (κ3) is 4.07. The van der Waals surface area contributed by atoms with E-state index in [2.05, 4.69) is 17.2 Å². The average molecular weight is 331 g/mol. The molecule has 2 nitrogen and oxygen atoms in total. The minimum atomic E-state index is -0.252. The maximum Gasteiger partial charge on any atom is 0.187 e. The molecule has 0 atom stereocenters. The minimum Gasteiger partial charge on any atom is -0.329 e. The third-order valence-corrected chi connectivity index (χ3v) is 3.26. The normalized spacial score (nSPS) is 9.89. The molecule has 0 aliphatic carbocycles. The molecule has 0 aliphatic rings. The molecule has 1 aromatic heterocycles. The number of unbranched alkanes of at least 4 members (excludes halogenated alkanes) is 1. The molecule has 2 rings (SSSR count). The van der Waals surface area contributed by atoms with Gasteiger partial charge in [0.15, 0.2) is 5.13 Å². The number of halogens is 2. The summed E-state index contributed by atoms with van der Waals surface area (Å²) < 4.78 is 13.4. The molecule has 0 saturated heterocycles. The van der Waals surface area contributed by atoms with Crippen LogP contribution in [0.25, 0.3) is 0 Å². The molecule has 0 amide bonds. The van der Waals surface area contributed by atoms with Gasteiger partial charge in [0.25, 0.3) is 0 Å². The van der Waals surface area contributed by atoms with Crippen molar-refractivity contribution >= 4 is 39.1 Å². The summed E-state index contributed by atoms with van der Waals surface area (Å²) in [5.74, 6) is -0.252. The molecule has 1 N–H and O–H groups in total. The summed E-state index contributed by atoms with van der Waals surface area (Å²) in [6.07, 6.45) is 3.29. The van der Waals surface area contributed by atoms with E-state index in [0.717, 1.165) is 30.1 Å². The van der Waals surface area contributed by atoms with Crippen LogP contribution in [0.5, 0.6) is 0 Å². The van der Waals surface area contributed by atoms with Crippen molar-refractivity contribution in [1.29, 1.82) is 0 Å². The number of aromatic nitrogens is 1. The van der Waals surface area contributed by atoms with Gasteiger partial charge in [-0.1, -0.05) is 25.5 Å². The fourth-order valence-electron chi connectivity index (χ4n) is 1.51. The lowest BCUT2D eigenvalue weighted by Gasteiger charge is -2.02. The van der Waals surface area contributed by atoms with Gasteiger partial charge in [-0.3, -0.25) is 0 Å². The van der Waals surface area contributed by atoms with Crippen molar-refractivity contribution in [2.75, 3.05) is 5.32 Å². The number of hydrogen-bond acceptors (Lipinski definition) is 3. The highest BCUT2D eigenvalue weighted by Gasteiger charge is 2.04. The summed E-state index contributed by atoms with van der Waals surface area (Å²) in [4.78, 5) is 4.42. The monoisotopic (exact) mass is 330 g/mol. The van der Waals surface area contributed by atoms with E-state index in [1.54, 1.807) is 18.2 Å². The average Bonchev–Trinajstić information content (AvgIpc) is 2.77. The van der Waals surface area contributed by atoms with Crippen molar-refractivity contribution in [3.05, 3.63) is 41.2 Å². The van der Waals surface area contributed by atoms with E-state index in [9.17, 15) is 4.39 Å². The Kier molecular flexibility index (Phi) is 6.29. The number of thiazole rings is 1. The largest absolute Gasteiger partial charge is 0.329 e. The summed E-state index contributed by atoms with van der Waals surface area (Å²) in [6.45, 7) is 2.16. The second-order valence-electron chi connectivity index (χ2n) is 3.85. The van der Waals surface area contributed by atoms with Gasteiger partial charge in [0.05, 0.1) is 11.4 Å². The molecule has 1 heterocycles. The van der Waals surface area contributed by atoms with Gasteiger partial charge in [-0.15, -0.1) is 28.3 Å². The molecule has 0 unspecified atom stereocenters. The van der Waals surface area contributed by atoms with Gasteiger partial charge in [0.2, 0.25) is 0 Å². The Morgan fingerprint density at radius 1 is 1.33 bits per heavy atom. The fourth-order valence-corrected chi connectivity index (χ4v) is 2.27. The van der Waals surface area contributed by atoms with Gasteiger partial charge >= 0.3 is 0 Å². The molecular formula is C13H16BrFN2S. The summed E-state index contributed by atoms with van der Waals surface area (Å²) in [6, 6.07) is 6.63. The van der Waals surface area contributed by atoms with Crippen molar-refractivity contribution in [2.24, 2.45) is 0 Å². The molecule has 0 aliphatic heterocycles. The Morgan fingerprint density at radius 2 is 2.11 bits per heavy atom.